The van der Waals surface area contributed by atoms with Crippen LogP contribution in [0.5, 0.6) is 0 Å². The molecule has 3 unspecified atom stereocenters. The zero-order valence-corrected chi connectivity index (χ0v) is 20.9. The molecule has 7 heteroatoms. The van der Waals surface area contributed by atoms with Crippen molar-refractivity contribution in [1.29, 1.82) is 0 Å². The van der Waals surface area contributed by atoms with Gasteiger partial charge in [-0.25, -0.2) is 0 Å². The van der Waals surface area contributed by atoms with Crippen LogP contribution in [0.25, 0.3) is 10.9 Å². The van der Waals surface area contributed by atoms with Crippen LogP contribution in [-0.4, -0.2) is 55.2 Å². The van der Waals surface area contributed by atoms with Gasteiger partial charge in [-0.3, -0.25) is 5.32 Å². The van der Waals surface area contributed by atoms with Crippen molar-refractivity contribution in [1.82, 2.24) is 9.88 Å². The van der Waals surface area contributed by atoms with Crippen molar-refractivity contribution < 1.29 is 39.7 Å². The molecule has 0 radical (unpaired) electrons. The Kier molecular flexibility index (Phi) is 9.31. The van der Waals surface area contributed by atoms with E-state index in [2.05, 4.69) is 35.0 Å². The van der Waals surface area contributed by atoms with Crippen molar-refractivity contribution in [3.8, 4) is 0 Å². The van der Waals surface area contributed by atoms with Gasteiger partial charge in [-0.2, -0.15) is 0 Å². The van der Waals surface area contributed by atoms with Crippen LogP contribution in [0, 0.1) is 6.92 Å². The highest BCUT2D eigenvalue weighted by Crippen LogP contribution is 2.37. The van der Waals surface area contributed by atoms with E-state index >= 15 is 0 Å². The van der Waals surface area contributed by atoms with Crippen molar-refractivity contribution in [3.05, 3.63) is 35.0 Å². The van der Waals surface area contributed by atoms with Crippen LogP contribution in [0.4, 0.5) is 0 Å². The summed E-state index contributed by atoms with van der Waals surface area (Å²) >= 11 is 0. The number of likely N-dealkylation sites (tertiary alicyclic amines) is 1. The number of fused-ring (bicyclic) bond motifs is 3. The molecule has 1 aliphatic carbocycles. The number of aryl methyl sites for hydroxylation is 2. The third kappa shape index (κ3) is 5.29. The lowest BCUT2D eigenvalue weighted by Crippen LogP contribution is -3.15. The van der Waals surface area contributed by atoms with Gasteiger partial charge in [-0.15, -0.1) is 0 Å². The molecule has 2 aromatic rings. The first-order valence-corrected chi connectivity index (χ1v) is 12.4. The van der Waals surface area contributed by atoms with E-state index in [1.165, 1.54) is 74.5 Å². The highest BCUT2D eigenvalue weighted by Gasteiger charge is 2.38. The third-order valence-corrected chi connectivity index (χ3v) is 7.83. The fraction of sp³-hybridized carbons (Fsp3) is 0.680. The average Bonchev–Trinajstić information content (AvgIpc) is 2.90. The summed E-state index contributed by atoms with van der Waals surface area (Å²) in [5.41, 5.74) is 5.97. The fourth-order valence-electron chi connectivity index (χ4n) is 6.35. The predicted molar refractivity (Wildman–Crippen MR) is 121 cm³/mol. The molecule has 3 aliphatic rings. The predicted octanol–water partition coefficient (Wildman–Crippen LogP) is -5.40. The van der Waals surface area contributed by atoms with E-state index in [9.17, 15) is 5.11 Å². The molecule has 32 heavy (non-hydrogen) atoms. The molecule has 3 heterocycles. The largest absolute Gasteiger partial charge is 1.00 e. The topological polar surface area (TPSA) is 46.1 Å². The second-order valence-electron chi connectivity index (χ2n) is 10.0. The molecule has 1 aromatic heterocycles. The van der Waals surface area contributed by atoms with Gasteiger partial charge in [0.1, 0.15) is 25.4 Å². The van der Waals surface area contributed by atoms with Gasteiger partial charge in [0.25, 0.3) is 0 Å². The quantitative estimate of drug-likeness (QED) is 0.332. The van der Waals surface area contributed by atoms with Gasteiger partial charge in [0.2, 0.25) is 0 Å². The van der Waals surface area contributed by atoms with Crippen molar-refractivity contribution in [2.24, 2.45) is 0 Å². The standard InChI is InChI=1S/C25H38N4O.2ClH/c1-19-9-10-23-22(15-19)21-7-6-8-24-25(21)29(23)14-13-28(24)17-20(30)16-26-18-27-11-4-2-3-5-12-27;;/h9-10,15,20,24,26,30H,2-8,11-14,16-18H2,1H3;2*1H. The summed E-state index contributed by atoms with van der Waals surface area (Å²) in [6, 6.07) is 7.53. The molecule has 0 spiro atoms. The Bertz CT molecular complexity index is 878. The van der Waals surface area contributed by atoms with Crippen molar-refractivity contribution >= 4 is 10.9 Å². The van der Waals surface area contributed by atoms with E-state index in [0.29, 0.717) is 6.04 Å². The maximum Gasteiger partial charge on any atom is 0.131 e. The van der Waals surface area contributed by atoms with E-state index in [4.69, 9.17) is 0 Å². The van der Waals surface area contributed by atoms with Gasteiger partial charge < -0.3 is 44.3 Å². The Morgan fingerprint density at radius 2 is 1.88 bits per heavy atom. The number of nitrogens with one attached hydrogen (secondary N) is 3. The number of benzene rings is 1. The van der Waals surface area contributed by atoms with E-state index < -0.39 is 0 Å². The van der Waals surface area contributed by atoms with Gasteiger partial charge in [-0.05, 0) is 63.1 Å². The Labute approximate surface area is 205 Å². The summed E-state index contributed by atoms with van der Waals surface area (Å²) in [5.74, 6) is 0. The molecular weight excluding hydrogens is 443 g/mol. The molecule has 180 valence electrons. The Hall–Kier alpha value is -0.820. The molecule has 2 aliphatic heterocycles. The molecule has 1 saturated heterocycles. The van der Waals surface area contributed by atoms with Crippen molar-refractivity contribution in [2.45, 2.75) is 70.6 Å². The van der Waals surface area contributed by atoms with E-state index in [-0.39, 0.29) is 30.9 Å². The normalized spacial score (nSPS) is 24.2. The maximum atomic E-state index is 10.8. The van der Waals surface area contributed by atoms with Crippen LogP contribution < -0.4 is 39.9 Å². The maximum absolute atomic E-state index is 10.8. The van der Waals surface area contributed by atoms with Gasteiger partial charge in [0, 0.05) is 23.9 Å². The summed E-state index contributed by atoms with van der Waals surface area (Å²) in [6.07, 6.45) is 9.00. The number of nitrogens with zero attached hydrogens (tertiary/aromatic N) is 1. The number of hydrogen-bond donors (Lipinski definition) is 4. The fourth-order valence-corrected chi connectivity index (χ4v) is 6.35. The van der Waals surface area contributed by atoms with Crippen LogP contribution in [0.2, 0.25) is 0 Å². The first-order chi connectivity index (χ1) is 14.7. The first-order valence-electron chi connectivity index (χ1n) is 12.4. The van der Waals surface area contributed by atoms with Crippen LogP contribution in [0.15, 0.2) is 18.2 Å². The second kappa shape index (κ2) is 11.5. The van der Waals surface area contributed by atoms with Gasteiger partial charge in [-0.1, -0.05) is 11.6 Å². The minimum atomic E-state index is -0.255. The van der Waals surface area contributed by atoms with E-state index in [0.717, 1.165) is 32.8 Å². The number of hydrogen-bond acceptors (Lipinski definition) is 2. The Morgan fingerprint density at radius 1 is 1.09 bits per heavy atom. The summed E-state index contributed by atoms with van der Waals surface area (Å²) < 4.78 is 2.60. The molecule has 3 atom stereocenters. The van der Waals surface area contributed by atoms with Crippen LogP contribution in [0.1, 0.15) is 61.4 Å². The molecule has 1 aromatic carbocycles. The van der Waals surface area contributed by atoms with Crippen LogP contribution in [0.3, 0.4) is 0 Å². The third-order valence-electron chi connectivity index (χ3n) is 7.83. The molecule has 1 fully saturated rings. The number of aliphatic hydroxyl groups is 1. The van der Waals surface area contributed by atoms with Crippen LogP contribution in [-0.2, 0) is 13.0 Å². The van der Waals surface area contributed by atoms with Gasteiger partial charge in [0.15, 0.2) is 0 Å². The van der Waals surface area contributed by atoms with Crippen LogP contribution >= 0.6 is 0 Å². The average molecular weight is 484 g/mol. The zero-order valence-electron chi connectivity index (χ0n) is 19.4. The smallest absolute Gasteiger partial charge is 0.131 e. The highest BCUT2D eigenvalue weighted by atomic mass is 35.5. The summed E-state index contributed by atoms with van der Waals surface area (Å²) in [7, 11) is 0. The van der Waals surface area contributed by atoms with Gasteiger partial charge in [0.05, 0.1) is 31.9 Å². The summed E-state index contributed by atoms with van der Waals surface area (Å²) in [4.78, 5) is 3.26. The number of aromatic nitrogens is 1. The van der Waals surface area contributed by atoms with E-state index in [1.807, 2.05) is 0 Å². The highest BCUT2D eigenvalue weighted by molar-refractivity contribution is 5.86. The lowest BCUT2D eigenvalue weighted by molar-refractivity contribution is -0.939. The number of aliphatic hydroxyl groups excluding tert-OH is 1. The number of halogens is 2. The Balaban J connectivity index is 0.00000144. The molecule has 4 N–H and O–H groups in total. The Morgan fingerprint density at radius 3 is 2.66 bits per heavy atom. The minimum absolute atomic E-state index is 0. The van der Waals surface area contributed by atoms with E-state index in [1.54, 1.807) is 21.1 Å². The van der Waals surface area contributed by atoms with Crippen molar-refractivity contribution in [2.75, 3.05) is 39.4 Å². The molecule has 0 amide bonds. The SMILES string of the molecule is Cc1ccc2c(c1)c1c3n2CC[NH+](CC(O)CNC[NH+]2CCCCCC2)C3CCC1.[Cl-].[Cl-]. The second-order valence-corrected chi connectivity index (χ2v) is 10.0. The van der Waals surface area contributed by atoms with Gasteiger partial charge >= 0.3 is 0 Å². The first kappa shape index (κ1) is 25.8. The minimum Gasteiger partial charge on any atom is -1.00 e. The molecular formula is C25H40Cl2N4O. The summed E-state index contributed by atoms with van der Waals surface area (Å²) in [5, 5.41) is 15.9. The molecule has 5 nitrogen and oxygen atoms in total. The molecule has 5 rings (SSSR count). The zero-order chi connectivity index (χ0) is 20.5. The summed E-state index contributed by atoms with van der Waals surface area (Å²) in [6.45, 7) is 9.60. The lowest BCUT2D eigenvalue weighted by Gasteiger charge is -2.38. The molecule has 0 saturated carbocycles. The number of rotatable bonds is 6. The molecule has 0 bridgehead atoms. The lowest BCUT2D eigenvalue weighted by atomic mass is 9.89. The number of quaternary nitrogens is 2. The van der Waals surface area contributed by atoms with Crippen molar-refractivity contribution in [3.63, 3.8) is 0 Å². The monoisotopic (exact) mass is 482 g/mol.